The van der Waals surface area contributed by atoms with Crippen LogP contribution in [0.25, 0.3) is 0 Å². The van der Waals surface area contributed by atoms with Crippen LogP contribution in [0.5, 0.6) is 0 Å². The summed E-state index contributed by atoms with van der Waals surface area (Å²) < 4.78 is 27.0. The van der Waals surface area contributed by atoms with E-state index in [-0.39, 0.29) is 18.0 Å². The molecule has 2 aromatic heterocycles. The fraction of sp³-hybridized carbons (Fsp3) is 0.231. The van der Waals surface area contributed by atoms with Gasteiger partial charge in [0.2, 0.25) is 10.0 Å². The van der Waals surface area contributed by atoms with Crippen molar-refractivity contribution in [3.05, 3.63) is 53.6 Å². The molecule has 0 aliphatic carbocycles. The molecule has 0 atom stereocenters. The van der Waals surface area contributed by atoms with Crippen molar-refractivity contribution in [2.24, 2.45) is 5.73 Å². The maximum absolute atomic E-state index is 12.3. The fourth-order valence-electron chi connectivity index (χ4n) is 1.77. The van der Waals surface area contributed by atoms with Crippen molar-refractivity contribution in [2.75, 3.05) is 0 Å². The van der Waals surface area contributed by atoms with E-state index >= 15 is 0 Å². The normalized spacial score (nSPS) is 11.5. The highest BCUT2D eigenvalue weighted by molar-refractivity contribution is 7.89. The summed E-state index contributed by atoms with van der Waals surface area (Å²) >= 11 is 0. The summed E-state index contributed by atoms with van der Waals surface area (Å²) in [5.41, 5.74) is 7.48. The Morgan fingerprint density at radius 1 is 1.15 bits per heavy atom. The SMILES string of the molecule is Cc1cccnc1CNS(=O)(=O)c1cccnc1CN. The molecule has 2 aromatic rings. The van der Waals surface area contributed by atoms with Gasteiger partial charge in [0.15, 0.2) is 0 Å². The summed E-state index contributed by atoms with van der Waals surface area (Å²) in [6.07, 6.45) is 3.15. The molecular weight excluding hydrogens is 276 g/mol. The first kappa shape index (κ1) is 14.6. The van der Waals surface area contributed by atoms with E-state index in [0.717, 1.165) is 5.56 Å². The van der Waals surface area contributed by atoms with Gasteiger partial charge in [0.25, 0.3) is 0 Å². The molecule has 0 unspecified atom stereocenters. The van der Waals surface area contributed by atoms with Gasteiger partial charge in [0.05, 0.1) is 17.9 Å². The van der Waals surface area contributed by atoms with E-state index in [9.17, 15) is 8.42 Å². The van der Waals surface area contributed by atoms with Gasteiger partial charge in [0, 0.05) is 18.9 Å². The van der Waals surface area contributed by atoms with Crippen LogP contribution >= 0.6 is 0 Å². The van der Waals surface area contributed by atoms with Gasteiger partial charge in [-0.1, -0.05) is 6.07 Å². The zero-order valence-corrected chi connectivity index (χ0v) is 11.9. The summed E-state index contributed by atoms with van der Waals surface area (Å²) in [4.78, 5) is 8.23. The highest BCUT2D eigenvalue weighted by Gasteiger charge is 2.18. The Labute approximate surface area is 118 Å². The van der Waals surface area contributed by atoms with E-state index in [4.69, 9.17) is 5.73 Å². The van der Waals surface area contributed by atoms with E-state index in [2.05, 4.69) is 14.7 Å². The second kappa shape index (κ2) is 6.08. The van der Waals surface area contributed by atoms with Crippen LogP contribution in [-0.2, 0) is 23.1 Å². The highest BCUT2D eigenvalue weighted by atomic mass is 32.2. The van der Waals surface area contributed by atoms with E-state index in [1.165, 1.54) is 12.3 Å². The van der Waals surface area contributed by atoms with Crippen molar-refractivity contribution >= 4 is 10.0 Å². The van der Waals surface area contributed by atoms with Crippen LogP contribution in [0.15, 0.2) is 41.6 Å². The van der Waals surface area contributed by atoms with Crippen LogP contribution in [0.1, 0.15) is 17.0 Å². The lowest BCUT2D eigenvalue weighted by molar-refractivity contribution is 0.578. The molecule has 0 saturated heterocycles. The minimum absolute atomic E-state index is 0.0691. The lowest BCUT2D eigenvalue weighted by Crippen LogP contribution is -2.26. The Morgan fingerprint density at radius 3 is 2.45 bits per heavy atom. The average Bonchev–Trinajstić information content (AvgIpc) is 2.46. The number of sulfonamides is 1. The Bertz CT molecular complexity index is 701. The lowest BCUT2D eigenvalue weighted by Gasteiger charge is -2.10. The van der Waals surface area contributed by atoms with Gasteiger partial charge in [-0.2, -0.15) is 0 Å². The lowest BCUT2D eigenvalue weighted by atomic mass is 10.2. The maximum Gasteiger partial charge on any atom is 0.242 e. The molecule has 0 aliphatic heterocycles. The minimum atomic E-state index is -3.65. The van der Waals surface area contributed by atoms with Gasteiger partial charge in [0.1, 0.15) is 4.90 Å². The molecule has 0 radical (unpaired) electrons. The third kappa shape index (κ3) is 3.19. The number of aromatic nitrogens is 2. The molecule has 2 heterocycles. The number of nitrogens with zero attached hydrogens (tertiary/aromatic N) is 2. The van der Waals surface area contributed by atoms with Crippen molar-refractivity contribution < 1.29 is 8.42 Å². The molecule has 0 fully saturated rings. The van der Waals surface area contributed by atoms with Crippen LogP contribution in [0.4, 0.5) is 0 Å². The number of rotatable bonds is 5. The quantitative estimate of drug-likeness (QED) is 0.846. The second-order valence-electron chi connectivity index (χ2n) is 4.24. The van der Waals surface area contributed by atoms with Crippen molar-refractivity contribution in [3.63, 3.8) is 0 Å². The van der Waals surface area contributed by atoms with Crippen molar-refractivity contribution in [1.82, 2.24) is 14.7 Å². The molecule has 2 rings (SSSR count). The van der Waals surface area contributed by atoms with Gasteiger partial charge >= 0.3 is 0 Å². The number of hydrogen-bond donors (Lipinski definition) is 2. The highest BCUT2D eigenvalue weighted by Crippen LogP contribution is 2.13. The van der Waals surface area contributed by atoms with Gasteiger partial charge in [-0.3, -0.25) is 9.97 Å². The number of pyridine rings is 2. The molecule has 0 amide bonds. The summed E-state index contributed by atoms with van der Waals surface area (Å²) in [6.45, 7) is 2.08. The van der Waals surface area contributed by atoms with Gasteiger partial charge in [-0.15, -0.1) is 0 Å². The summed E-state index contributed by atoms with van der Waals surface area (Å²) in [6, 6.07) is 6.75. The molecule has 0 saturated carbocycles. The standard InChI is InChI=1S/C13H16N4O2S/c1-10-4-2-6-16-12(10)9-17-20(18,19)13-5-3-7-15-11(13)8-14/h2-7,17H,8-9,14H2,1H3. The molecular formula is C13H16N4O2S. The number of nitrogens with one attached hydrogen (secondary N) is 1. The first-order chi connectivity index (χ1) is 9.54. The van der Waals surface area contributed by atoms with Crippen molar-refractivity contribution in [2.45, 2.75) is 24.9 Å². The third-order valence-electron chi connectivity index (χ3n) is 2.88. The zero-order valence-electron chi connectivity index (χ0n) is 11.1. The molecule has 106 valence electrons. The van der Waals surface area contributed by atoms with E-state index in [1.54, 1.807) is 18.3 Å². The van der Waals surface area contributed by atoms with Crippen LogP contribution in [0, 0.1) is 6.92 Å². The van der Waals surface area contributed by atoms with E-state index in [0.29, 0.717) is 11.4 Å². The topological polar surface area (TPSA) is 98.0 Å². The average molecular weight is 292 g/mol. The van der Waals surface area contributed by atoms with Crippen LogP contribution < -0.4 is 10.5 Å². The molecule has 3 N–H and O–H groups in total. The molecule has 20 heavy (non-hydrogen) atoms. The fourth-order valence-corrected chi connectivity index (χ4v) is 2.95. The van der Waals surface area contributed by atoms with E-state index in [1.807, 2.05) is 13.0 Å². The third-order valence-corrected chi connectivity index (χ3v) is 4.35. The first-order valence-corrected chi connectivity index (χ1v) is 7.57. The van der Waals surface area contributed by atoms with Crippen LogP contribution in [0.3, 0.4) is 0 Å². The number of hydrogen-bond acceptors (Lipinski definition) is 5. The van der Waals surface area contributed by atoms with Gasteiger partial charge in [-0.05, 0) is 30.7 Å². The van der Waals surface area contributed by atoms with Crippen molar-refractivity contribution in [1.29, 1.82) is 0 Å². The Hall–Kier alpha value is -1.83. The Kier molecular flexibility index (Phi) is 4.43. The smallest absolute Gasteiger partial charge is 0.242 e. The molecule has 6 nitrogen and oxygen atoms in total. The monoisotopic (exact) mass is 292 g/mol. The number of aryl methyl sites for hydroxylation is 1. The Morgan fingerprint density at radius 2 is 1.80 bits per heavy atom. The molecule has 0 bridgehead atoms. The molecule has 0 aromatic carbocycles. The van der Waals surface area contributed by atoms with Gasteiger partial charge < -0.3 is 5.73 Å². The largest absolute Gasteiger partial charge is 0.325 e. The van der Waals surface area contributed by atoms with Crippen molar-refractivity contribution in [3.8, 4) is 0 Å². The van der Waals surface area contributed by atoms with Gasteiger partial charge in [-0.25, -0.2) is 13.1 Å². The molecule has 0 aliphatic rings. The Balaban J connectivity index is 2.22. The van der Waals surface area contributed by atoms with Crippen LogP contribution in [-0.4, -0.2) is 18.4 Å². The second-order valence-corrected chi connectivity index (χ2v) is 5.98. The maximum atomic E-state index is 12.3. The summed E-state index contributed by atoms with van der Waals surface area (Å²) in [7, 11) is -3.65. The van der Waals surface area contributed by atoms with E-state index < -0.39 is 10.0 Å². The van der Waals surface area contributed by atoms with Crippen LogP contribution in [0.2, 0.25) is 0 Å². The zero-order chi connectivity index (χ0) is 14.6. The summed E-state index contributed by atoms with van der Waals surface area (Å²) in [5, 5.41) is 0. The first-order valence-electron chi connectivity index (χ1n) is 6.08. The predicted molar refractivity (Wildman–Crippen MR) is 75.1 cm³/mol. The molecule has 7 heteroatoms. The predicted octanol–water partition coefficient (Wildman–Crippen LogP) is 0.722. The molecule has 0 spiro atoms. The summed E-state index contributed by atoms with van der Waals surface area (Å²) in [5.74, 6) is 0. The number of nitrogens with two attached hydrogens (primary N) is 1. The minimum Gasteiger partial charge on any atom is -0.325 e.